The third kappa shape index (κ3) is 4.29. The monoisotopic (exact) mass is 345 g/mol. The Morgan fingerprint density at radius 2 is 2.00 bits per heavy atom. The van der Waals surface area contributed by atoms with E-state index in [2.05, 4.69) is 5.32 Å². The van der Waals surface area contributed by atoms with Gasteiger partial charge in [0, 0.05) is 5.25 Å². The number of carbonyl (C=O) groups is 1. The highest BCUT2D eigenvalue weighted by atomic mass is 32.2. The van der Waals surface area contributed by atoms with E-state index in [9.17, 15) is 9.90 Å². The largest absolute Gasteiger partial charge is 0.460 e. The lowest BCUT2D eigenvalue weighted by molar-refractivity contribution is -0.151. The molecule has 2 atom stereocenters. The Hall–Kier alpha value is -1.56. The Labute approximate surface area is 147 Å². The maximum atomic E-state index is 12.5. The van der Waals surface area contributed by atoms with Crippen LogP contribution in [-0.4, -0.2) is 34.3 Å². The number of piperidine rings is 1. The van der Waals surface area contributed by atoms with Gasteiger partial charge in [0.15, 0.2) is 0 Å². The molecule has 1 aliphatic heterocycles. The van der Waals surface area contributed by atoms with E-state index in [1.54, 1.807) is 24.3 Å². The summed E-state index contributed by atoms with van der Waals surface area (Å²) in [5.74, 6) is -1.06. The molecule has 1 heterocycles. The molecule has 5 heteroatoms. The van der Waals surface area contributed by atoms with Crippen molar-refractivity contribution in [1.82, 2.24) is 5.32 Å². The van der Waals surface area contributed by atoms with Crippen LogP contribution in [0.4, 0.5) is 0 Å². The van der Waals surface area contributed by atoms with Gasteiger partial charge in [-0.2, -0.15) is 0 Å². The summed E-state index contributed by atoms with van der Waals surface area (Å²) in [6.45, 7) is 2.13. The van der Waals surface area contributed by atoms with Crippen molar-refractivity contribution in [1.29, 1.82) is 0 Å². The van der Waals surface area contributed by atoms with Crippen LogP contribution < -0.4 is 5.32 Å². The molecule has 1 aromatic carbocycles. The lowest BCUT2D eigenvalue weighted by Crippen LogP contribution is -2.42. The number of hydrogen-bond acceptors (Lipinski definition) is 5. The number of hydrogen-bond donors (Lipinski definition) is 2. The Bertz CT molecular complexity index is 610. The van der Waals surface area contributed by atoms with E-state index in [4.69, 9.17) is 4.74 Å². The van der Waals surface area contributed by atoms with E-state index in [0.29, 0.717) is 5.25 Å². The summed E-state index contributed by atoms with van der Waals surface area (Å²) in [7, 11) is 0. The SMILES string of the molecule is O=C(OCc1ccccc1)[C@@H]1C=CC=C[C@@]1(O)SC1CCNCC1. The first-order valence-electron chi connectivity index (χ1n) is 8.35. The minimum Gasteiger partial charge on any atom is -0.460 e. The summed E-state index contributed by atoms with van der Waals surface area (Å²) < 4.78 is 5.44. The third-order valence-electron chi connectivity index (χ3n) is 4.31. The van der Waals surface area contributed by atoms with Crippen molar-refractivity contribution in [2.24, 2.45) is 5.92 Å². The number of thioether (sulfide) groups is 1. The van der Waals surface area contributed by atoms with Crippen LogP contribution in [-0.2, 0) is 16.1 Å². The first-order valence-corrected chi connectivity index (χ1v) is 9.23. The van der Waals surface area contributed by atoms with E-state index in [1.807, 2.05) is 30.3 Å². The fourth-order valence-electron chi connectivity index (χ4n) is 2.97. The number of allylic oxidation sites excluding steroid dienone is 2. The molecule has 4 nitrogen and oxygen atoms in total. The van der Waals surface area contributed by atoms with Crippen molar-refractivity contribution in [2.75, 3.05) is 13.1 Å². The highest BCUT2D eigenvalue weighted by Crippen LogP contribution is 2.41. The van der Waals surface area contributed by atoms with Crippen molar-refractivity contribution in [3.63, 3.8) is 0 Å². The molecule has 0 aromatic heterocycles. The molecule has 24 heavy (non-hydrogen) atoms. The number of nitrogens with one attached hydrogen (secondary N) is 1. The molecule has 1 saturated heterocycles. The van der Waals surface area contributed by atoms with Gasteiger partial charge in [0.2, 0.25) is 0 Å². The third-order valence-corrected chi connectivity index (χ3v) is 5.89. The molecule has 0 amide bonds. The summed E-state index contributed by atoms with van der Waals surface area (Å²) in [5, 5.41) is 14.7. The molecular formula is C19H23NO3S. The quantitative estimate of drug-likeness (QED) is 0.635. The molecule has 128 valence electrons. The first-order chi connectivity index (χ1) is 11.7. The Morgan fingerprint density at radius 1 is 1.25 bits per heavy atom. The molecule has 0 spiro atoms. The van der Waals surface area contributed by atoms with Gasteiger partial charge in [-0.15, -0.1) is 11.8 Å². The maximum Gasteiger partial charge on any atom is 0.317 e. The Morgan fingerprint density at radius 3 is 2.75 bits per heavy atom. The molecule has 1 aliphatic carbocycles. The van der Waals surface area contributed by atoms with Crippen LogP contribution in [0.1, 0.15) is 18.4 Å². The van der Waals surface area contributed by atoms with Crippen molar-refractivity contribution < 1.29 is 14.6 Å². The topological polar surface area (TPSA) is 58.6 Å². The van der Waals surface area contributed by atoms with Crippen molar-refractivity contribution in [3.8, 4) is 0 Å². The normalized spacial score (nSPS) is 27.1. The van der Waals surface area contributed by atoms with Gasteiger partial charge in [0.05, 0.1) is 0 Å². The number of benzene rings is 1. The molecule has 1 aromatic rings. The van der Waals surface area contributed by atoms with E-state index in [1.165, 1.54) is 11.8 Å². The predicted octanol–water partition coefficient (Wildman–Crippen LogP) is 2.65. The van der Waals surface area contributed by atoms with Crippen LogP contribution in [0.2, 0.25) is 0 Å². The average Bonchev–Trinajstić information content (AvgIpc) is 2.61. The zero-order valence-electron chi connectivity index (χ0n) is 13.6. The lowest BCUT2D eigenvalue weighted by Gasteiger charge is -2.35. The fraction of sp³-hybridized carbons (Fsp3) is 0.421. The molecular weight excluding hydrogens is 322 g/mol. The second-order valence-corrected chi connectivity index (χ2v) is 7.69. The second-order valence-electron chi connectivity index (χ2n) is 6.13. The lowest BCUT2D eigenvalue weighted by atomic mass is 9.97. The smallest absolute Gasteiger partial charge is 0.317 e. The zero-order valence-corrected chi connectivity index (χ0v) is 14.4. The highest BCUT2D eigenvalue weighted by molar-refractivity contribution is 8.01. The molecule has 1 fully saturated rings. The summed E-state index contributed by atoms with van der Waals surface area (Å²) in [6.07, 6.45) is 9.04. The molecule has 2 aliphatic rings. The summed E-state index contributed by atoms with van der Waals surface area (Å²) in [6, 6.07) is 9.58. The van der Waals surface area contributed by atoms with E-state index >= 15 is 0 Å². The standard InChI is InChI=1S/C19H23NO3S/c21-18(23-14-15-6-2-1-3-7-15)17-8-4-5-11-19(17,22)24-16-9-12-20-13-10-16/h1-8,11,16-17,20,22H,9-10,12-14H2/t17-,19+/m0/s1. The van der Waals surface area contributed by atoms with Crippen LogP contribution in [0.15, 0.2) is 54.6 Å². The first kappa shape index (κ1) is 17.3. The summed E-state index contributed by atoms with van der Waals surface area (Å²) in [4.78, 5) is 11.3. The molecule has 0 radical (unpaired) electrons. The van der Waals surface area contributed by atoms with Gasteiger partial charge in [-0.1, -0.05) is 48.6 Å². The molecule has 0 saturated carbocycles. The highest BCUT2D eigenvalue weighted by Gasteiger charge is 2.42. The average molecular weight is 345 g/mol. The van der Waals surface area contributed by atoms with Gasteiger partial charge in [-0.3, -0.25) is 4.79 Å². The summed E-state index contributed by atoms with van der Waals surface area (Å²) >= 11 is 1.48. The second kappa shape index (κ2) is 8.01. The van der Waals surface area contributed by atoms with Gasteiger partial charge in [0.1, 0.15) is 17.5 Å². The van der Waals surface area contributed by atoms with Gasteiger partial charge in [-0.05, 0) is 37.6 Å². The Kier molecular flexibility index (Phi) is 5.76. The van der Waals surface area contributed by atoms with Gasteiger partial charge in [0.25, 0.3) is 0 Å². The van der Waals surface area contributed by atoms with Crippen LogP contribution in [0, 0.1) is 5.92 Å². The van der Waals surface area contributed by atoms with Gasteiger partial charge >= 0.3 is 5.97 Å². The van der Waals surface area contributed by atoms with E-state index in [-0.39, 0.29) is 12.6 Å². The minimum atomic E-state index is -1.23. The van der Waals surface area contributed by atoms with Crippen LogP contribution in [0.3, 0.4) is 0 Å². The van der Waals surface area contributed by atoms with Gasteiger partial charge in [-0.25, -0.2) is 0 Å². The fourth-order valence-corrected chi connectivity index (χ4v) is 4.45. The minimum absolute atomic E-state index is 0.224. The number of rotatable bonds is 5. The Balaban J connectivity index is 1.63. The van der Waals surface area contributed by atoms with Crippen LogP contribution in [0.5, 0.6) is 0 Å². The van der Waals surface area contributed by atoms with Gasteiger partial charge < -0.3 is 15.2 Å². The van der Waals surface area contributed by atoms with E-state index < -0.39 is 10.9 Å². The van der Waals surface area contributed by atoms with Crippen molar-refractivity contribution >= 4 is 17.7 Å². The number of aliphatic hydroxyl groups is 1. The zero-order chi connectivity index (χ0) is 16.8. The van der Waals surface area contributed by atoms with Crippen molar-refractivity contribution in [2.45, 2.75) is 29.6 Å². The van der Waals surface area contributed by atoms with Crippen LogP contribution >= 0.6 is 11.8 Å². The molecule has 0 unspecified atom stereocenters. The molecule has 2 N–H and O–H groups in total. The number of esters is 1. The van der Waals surface area contributed by atoms with Crippen LogP contribution in [0.25, 0.3) is 0 Å². The molecule has 0 bridgehead atoms. The number of carbonyl (C=O) groups excluding carboxylic acids is 1. The molecule has 3 rings (SSSR count). The number of ether oxygens (including phenoxy) is 1. The maximum absolute atomic E-state index is 12.5. The van der Waals surface area contributed by atoms with Crippen molar-refractivity contribution in [3.05, 3.63) is 60.2 Å². The summed E-state index contributed by atoms with van der Waals surface area (Å²) in [5.41, 5.74) is 0.940. The van der Waals surface area contributed by atoms with E-state index in [0.717, 1.165) is 31.5 Å². The predicted molar refractivity (Wildman–Crippen MR) is 96.4 cm³/mol.